The van der Waals surface area contributed by atoms with Crippen molar-refractivity contribution >= 4 is 35.6 Å². The summed E-state index contributed by atoms with van der Waals surface area (Å²) in [7, 11) is 1.86. The normalized spacial score (nSPS) is 25.4. The number of nitrogens with zero attached hydrogens (tertiary/aromatic N) is 2. The van der Waals surface area contributed by atoms with E-state index in [9.17, 15) is 0 Å². The van der Waals surface area contributed by atoms with E-state index in [1.54, 1.807) is 0 Å². The molecule has 0 saturated carbocycles. The van der Waals surface area contributed by atoms with E-state index in [4.69, 9.17) is 4.74 Å². The number of nitrogens with one attached hydrogen (secondary N) is 2. The van der Waals surface area contributed by atoms with E-state index in [0.29, 0.717) is 17.9 Å². The van der Waals surface area contributed by atoms with Crippen molar-refractivity contribution in [2.24, 2.45) is 22.2 Å². The van der Waals surface area contributed by atoms with E-state index >= 15 is 0 Å². The van der Waals surface area contributed by atoms with Gasteiger partial charge in [-0.05, 0) is 42.7 Å². The van der Waals surface area contributed by atoms with Crippen molar-refractivity contribution in [1.29, 1.82) is 0 Å². The molecule has 6 heteroatoms. The highest BCUT2D eigenvalue weighted by Crippen LogP contribution is 2.33. The number of ether oxygens (including phenoxy) is 1. The molecule has 2 fully saturated rings. The molecule has 2 N–H and O–H groups in total. The van der Waals surface area contributed by atoms with Crippen LogP contribution >= 0.6 is 24.0 Å². The smallest absolute Gasteiger partial charge is 0.190 e. The number of halogens is 1. The highest BCUT2D eigenvalue weighted by Gasteiger charge is 2.35. The molecule has 29 heavy (non-hydrogen) atoms. The molecule has 0 radical (unpaired) electrons. The van der Waals surface area contributed by atoms with Crippen LogP contribution in [0.1, 0.15) is 40.0 Å². The molecule has 2 aliphatic heterocycles. The summed E-state index contributed by atoms with van der Waals surface area (Å²) < 4.78 is 6.11. The molecule has 3 atom stereocenters. The molecule has 5 nitrogen and oxygen atoms in total. The molecule has 0 bridgehead atoms. The van der Waals surface area contributed by atoms with Crippen LogP contribution in [0.25, 0.3) is 0 Å². The summed E-state index contributed by atoms with van der Waals surface area (Å²) in [6, 6.07) is 10.7. The summed E-state index contributed by atoms with van der Waals surface area (Å²) in [6.07, 6.45) is 3.91. The van der Waals surface area contributed by atoms with Gasteiger partial charge < -0.3 is 20.3 Å². The minimum absolute atomic E-state index is 0. The van der Waals surface area contributed by atoms with Crippen LogP contribution < -0.4 is 15.5 Å². The number of hydrogen-bond acceptors (Lipinski definition) is 3. The molecule has 2 saturated heterocycles. The highest BCUT2D eigenvalue weighted by atomic mass is 127. The molecule has 2 heterocycles. The molecule has 0 amide bonds. The summed E-state index contributed by atoms with van der Waals surface area (Å²) in [5.74, 6) is 2.10. The van der Waals surface area contributed by atoms with Gasteiger partial charge in [0.25, 0.3) is 0 Å². The van der Waals surface area contributed by atoms with E-state index in [0.717, 1.165) is 45.2 Å². The predicted molar refractivity (Wildman–Crippen MR) is 133 cm³/mol. The molecule has 3 unspecified atom stereocenters. The van der Waals surface area contributed by atoms with E-state index in [1.165, 1.54) is 18.5 Å². The van der Waals surface area contributed by atoms with Crippen molar-refractivity contribution in [3.05, 3.63) is 30.3 Å². The third-order valence-corrected chi connectivity index (χ3v) is 6.02. The Balaban J connectivity index is 0.00000300. The van der Waals surface area contributed by atoms with Gasteiger partial charge in [-0.15, -0.1) is 24.0 Å². The fraction of sp³-hybridized carbons (Fsp3) is 0.696. The van der Waals surface area contributed by atoms with Crippen LogP contribution in [0.2, 0.25) is 0 Å². The van der Waals surface area contributed by atoms with Crippen LogP contribution in [0.15, 0.2) is 35.3 Å². The van der Waals surface area contributed by atoms with Gasteiger partial charge in [-0.1, -0.05) is 39.0 Å². The molecule has 1 aromatic rings. The van der Waals surface area contributed by atoms with Gasteiger partial charge in [-0.3, -0.25) is 4.99 Å². The van der Waals surface area contributed by atoms with Crippen molar-refractivity contribution in [2.75, 3.05) is 44.7 Å². The van der Waals surface area contributed by atoms with Gasteiger partial charge in [0.1, 0.15) is 0 Å². The fourth-order valence-corrected chi connectivity index (χ4v) is 4.57. The zero-order valence-corrected chi connectivity index (χ0v) is 20.8. The monoisotopic (exact) mass is 514 g/mol. The van der Waals surface area contributed by atoms with Gasteiger partial charge in [0.15, 0.2) is 5.96 Å². The van der Waals surface area contributed by atoms with Crippen LogP contribution in [-0.2, 0) is 4.74 Å². The molecular weight excluding hydrogens is 475 g/mol. The molecular formula is C23H39IN4O. The fourth-order valence-electron chi connectivity index (χ4n) is 4.57. The molecule has 3 rings (SSSR count). The summed E-state index contributed by atoms with van der Waals surface area (Å²) in [4.78, 5) is 6.92. The van der Waals surface area contributed by atoms with Crippen LogP contribution in [0.4, 0.5) is 5.69 Å². The minimum Gasteiger partial charge on any atom is -0.377 e. The van der Waals surface area contributed by atoms with Crippen molar-refractivity contribution in [1.82, 2.24) is 10.6 Å². The predicted octanol–water partition coefficient (Wildman–Crippen LogP) is 4.14. The third kappa shape index (κ3) is 7.02. The van der Waals surface area contributed by atoms with Crippen LogP contribution in [-0.4, -0.2) is 51.9 Å². The Hall–Kier alpha value is -1.02. The van der Waals surface area contributed by atoms with Crippen molar-refractivity contribution < 1.29 is 4.74 Å². The highest BCUT2D eigenvalue weighted by molar-refractivity contribution is 14.0. The first-order valence-corrected chi connectivity index (χ1v) is 10.8. The van der Waals surface area contributed by atoms with E-state index in [2.05, 4.69) is 71.6 Å². The number of guanidine groups is 1. The van der Waals surface area contributed by atoms with Crippen LogP contribution in [0, 0.1) is 17.3 Å². The zero-order chi connectivity index (χ0) is 20.0. The Bertz CT molecular complexity index is 632. The number of benzene rings is 1. The first-order valence-electron chi connectivity index (χ1n) is 10.8. The summed E-state index contributed by atoms with van der Waals surface area (Å²) >= 11 is 0. The van der Waals surface area contributed by atoms with Gasteiger partial charge in [0.2, 0.25) is 0 Å². The quantitative estimate of drug-likeness (QED) is 0.353. The Morgan fingerprint density at radius 3 is 2.55 bits per heavy atom. The van der Waals surface area contributed by atoms with Crippen LogP contribution in [0.5, 0.6) is 0 Å². The summed E-state index contributed by atoms with van der Waals surface area (Å²) in [5, 5.41) is 7.10. The number of hydrogen-bond donors (Lipinski definition) is 2. The first kappa shape index (κ1) is 24.3. The van der Waals surface area contributed by atoms with Crippen LogP contribution in [0.3, 0.4) is 0 Å². The Kier molecular flexibility index (Phi) is 9.53. The average Bonchev–Trinajstić information content (AvgIpc) is 3.17. The lowest BCUT2D eigenvalue weighted by molar-refractivity contribution is -0.0835. The number of aliphatic imine (C=N–C) groups is 1. The minimum atomic E-state index is 0. The standard InChI is InChI=1S/C23H38N4O.HI/c1-23(2,3)21-19(9-8-14-28-21)16-26-22(24-4)25-15-18-12-13-27(17-18)20-10-6-5-7-11-20;/h5-7,10-11,18-19,21H,8-9,12-17H2,1-4H3,(H2,24,25,26);1H. The zero-order valence-electron chi connectivity index (χ0n) is 18.5. The number of rotatable bonds is 5. The third-order valence-electron chi connectivity index (χ3n) is 6.02. The largest absolute Gasteiger partial charge is 0.377 e. The maximum absolute atomic E-state index is 6.11. The van der Waals surface area contributed by atoms with Crippen molar-refractivity contribution in [3.8, 4) is 0 Å². The first-order chi connectivity index (χ1) is 13.5. The van der Waals surface area contributed by atoms with E-state index < -0.39 is 0 Å². The maximum atomic E-state index is 6.11. The molecule has 1 aromatic carbocycles. The van der Waals surface area contributed by atoms with Gasteiger partial charge in [-0.25, -0.2) is 0 Å². The maximum Gasteiger partial charge on any atom is 0.190 e. The number of para-hydroxylation sites is 1. The second kappa shape index (κ2) is 11.4. The lowest BCUT2D eigenvalue weighted by Crippen LogP contribution is -2.48. The molecule has 0 aromatic heterocycles. The van der Waals surface area contributed by atoms with Gasteiger partial charge >= 0.3 is 0 Å². The molecule has 0 aliphatic carbocycles. The second-order valence-electron chi connectivity index (χ2n) is 9.33. The average molecular weight is 514 g/mol. The summed E-state index contributed by atoms with van der Waals surface area (Å²) in [5.41, 5.74) is 1.51. The Morgan fingerprint density at radius 1 is 1.14 bits per heavy atom. The SMILES string of the molecule is CN=C(NCC1CCN(c2ccccc2)C1)NCC1CCCOC1C(C)(C)C.I. The number of anilines is 1. The lowest BCUT2D eigenvalue weighted by Gasteiger charge is -2.40. The van der Waals surface area contributed by atoms with Gasteiger partial charge in [0.05, 0.1) is 6.10 Å². The van der Waals surface area contributed by atoms with Gasteiger partial charge in [0, 0.05) is 51.4 Å². The van der Waals surface area contributed by atoms with Crippen molar-refractivity contribution in [2.45, 2.75) is 46.1 Å². The second-order valence-corrected chi connectivity index (χ2v) is 9.33. The van der Waals surface area contributed by atoms with Crippen molar-refractivity contribution in [3.63, 3.8) is 0 Å². The van der Waals surface area contributed by atoms with Gasteiger partial charge in [-0.2, -0.15) is 0 Å². The Morgan fingerprint density at radius 2 is 1.86 bits per heavy atom. The lowest BCUT2D eigenvalue weighted by atomic mass is 9.78. The molecule has 2 aliphatic rings. The Labute approximate surface area is 194 Å². The summed E-state index contributed by atoms with van der Waals surface area (Å²) in [6.45, 7) is 11.9. The topological polar surface area (TPSA) is 48.9 Å². The van der Waals surface area contributed by atoms with E-state index in [-0.39, 0.29) is 29.4 Å². The molecule has 164 valence electrons. The van der Waals surface area contributed by atoms with E-state index in [1.807, 2.05) is 7.05 Å². The molecule has 0 spiro atoms.